The van der Waals surface area contributed by atoms with Gasteiger partial charge in [-0.25, -0.2) is 4.79 Å². The summed E-state index contributed by atoms with van der Waals surface area (Å²) in [6.45, 7) is 0.123. The zero-order valence-electron chi connectivity index (χ0n) is 9.72. The quantitative estimate of drug-likeness (QED) is 0.460. The van der Waals surface area contributed by atoms with Crippen LogP contribution in [0.2, 0.25) is 0 Å². The van der Waals surface area contributed by atoms with E-state index >= 15 is 0 Å². The lowest BCUT2D eigenvalue weighted by Crippen LogP contribution is -2.22. The Labute approximate surface area is 104 Å². The first-order valence-corrected chi connectivity index (χ1v) is 5.63. The lowest BCUT2D eigenvalue weighted by atomic mass is 9.97. The van der Waals surface area contributed by atoms with E-state index in [0.29, 0.717) is 0 Å². The summed E-state index contributed by atoms with van der Waals surface area (Å²) in [7, 11) is 0. The Bertz CT molecular complexity index is 514. The van der Waals surface area contributed by atoms with Gasteiger partial charge < -0.3 is 4.74 Å². The molecule has 2 rings (SSSR count). The van der Waals surface area contributed by atoms with Gasteiger partial charge in [-0.2, -0.15) is 0 Å². The number of carbonyl (C=O) groups excluding carboxylic acids is 3. The average molecular weight is 244 g/mol. The summed E-state index contributed by atoms with van der Waals surface area (Å²) in [4.78, 5) is 34.1. The van der Waals surface area contributed by atoms with Crippen molar-refractivity contribution in [3.8, 4) is 0 Å². The molecule has 4 heteroatoms. The Morgan fingerprint density at radius 3 is 2.56 bits per heavy atom. The van der Waals surface area contributed by atoms with Gasteiger partial charge in [0.25, 0.3) is 0 Å². The molecule has 0 aromatic heterocycles. The largest absolute Gasteiger partial charge is 0.457 e. The maximum absolute atomic E-state index is 11.7. The van der Waals surface area contributed by atoms with E-state index in [1.807, 2.05) is 30.3 Å². The zero-order valence-corrected chi connectivity index (χ0v) is 9.72. The van der Waals surface area contributed by atoms with Gasteiger partial charge in [0.1, 0.15) is 12.4 Å². The van der Waals surface area contributed by atoms with E-state index in [1.54, 1.807) is 0 Å². The predicted octanol–water partition coefficient (Wildman–Crippen LogP) is 1.59. The van der Waals surface area contributed by atoms with E-state index in [0.717, 1.165) is 5.56 Å². The number of allylic oxidation sites excluding steroid dienone is 1. The standard InChI is InChI=1S/C14H12O4/c15-11-6-7-12(13(16)8-11)14(17)18-9-10-4-2-1-3-5-10/h1-5,7H,6,8-9H2. The number of benzene rings is 1. The van der Waals surface area contributed by atoms with Crippen LogP contribution < -0.4 is 0 Å². The van der Waals surface area contributed by atoms with Crippen LogP contribution in [0.25, 0.3) is 0 Å². The average Bonchev–Trinajstić information content (AvgIpc) is 2.37. The third-order valence-electron chi connectivity index (χ3n) is 2.62. The molecule has 18 heavy (non-hydrogen) atoms. The highest BCUT2D eigenvalue weighted by Gasteiger charge is 2.25. The van der Waals surface area contributed by atoms with Gasteiger partial charge in [0.05, 0.1) is 12.0 Å². The fourth-order valence-corrected chi connectivity index (χ4v) is 1.67. The Hall–Kier alpha value is -2.23. The van der Waals surface area contributed by atoms with Gasteiger partial charge in [-0.1, -0.05) is 36.4 Å². The van der Waals surface area contributed by atoms with Crippen molar-refractivity contribution < 1.29 is 19.1 Å². The lowest BCUT2D eigenvalue weighted by Gasteiger charge is -2.10. The number of rotatable bonds is 3. The van der Waals surface area contributed by atoms with Crippen molar-refractivity contribution in [2.45, 2.75) is 19.4 Å². The first kappa shape index (κ1) is 12.2. The first-order valence-electron chi connectivity index (χ1n) is 5.63. The van der Waals surface area contributed by atoms with Crippen LogP contribution in [0, 0.1) is 0 Å². The summed E-state index contributed by atoms with van der Waals surface area (Å²) < 4.78 is 5.03. The van der Waals surface area contributed by atoms with Crippen molar-refractivity contribution >= 4 is 17.5 Å². The van der Waals surface area contributed by atoms with E-state index in [-0.39, 0.29) is 30.8 Å². The molecule has 0 N–H and O–H groups in total. The second-order valence-electron chi connectivity index (χ2n) is 4.02. The smallest absolute Gasteiger partial charge is 0.341 e. The Morgan fingerprint density at radius 2 is 1.89 bits per heavy atom. The van der Waals surface area contributed by atoms with Crippen LogP contribution >= 0.6 is 0 Å². The molecule has 4 nitrogen and oxygen atoms in total. The van der Waals surface area contributed by atoms with Gasteiger partial charge in [0, 0.05) is 6.42 Å². The molecule has 0 atom stereocenters. The Balaban J connectivity index is 1.97. The van der Waals surface area contributed by atoms with Crippen molar-refractivity contribution in [2.24, 2.45) is 0 Å². The molecule has 0 radical (unpaired) electrons. The molecule has 92 valence electrons. The van der Waals surface area contributed by atoms with Crippen LogP contribution in [-0.2, 0) is 25.7 Å². The number of ether oxygens (including phenoxy) is 1. The van der Waals surface area contributed by atoms with Crippen molar-refractivity contribution in [1.29, 1.82) is 0 Å². The lowest BCUT2D eigenvalue weighted by molar-refractivity contribution is -0.142. The van der Waals surface area contributed by atoms with Crippen molar-refractivity contribution in [3.63, 3.8) is 0 Å². The summed E-state index contributed by atoms with van der Waals surface area (Å²) in [5.74, 6) is -1.28. The highest BCUT2D eigenvalue weighted by molar-refractivity contribution is 6.23. The van der Waals surface area contributed by atoms with Gasteiger partial charge in [-0.15, -0.1) is 0 Å². The van der Waals surface area contributed by atoms with Crippen LogP contribution in [0.3, 0.4) is 0 Å². The summed E-state index contributed by atoms with van der Waals surface area (Å²) in [5, 5.41) is 0. The van der Waals surface area contributed by atoms with Crippen LogP contribution in [0.15, 0.2) is 42.0 Å². The SMILES string of the molecule is O=C1CC=C(C(=O)OCc2ccccc2)C(=O)C1. The van der Waals surface area contributed by atoms with Gasteiger partial charge in [-0.05, 0) is 5.56 Å². The molecule has 0 heterocycles. The second kappa shape index (κ2) is 5.40. The molecule has 0 amide bonds. The number of Topliss-reactive ketones (excluding diaryl/α,β-unsaturated/α-hetero) is 2. The molecular weight excluding hydrogens is 232 g/mol. The molecule has 1 aromatic carbocycles. The predicted molar refractivity (Wildman–Crippen MR) is 63.6 cm³/mol. The zero-order chi connectivity index (χ0) is 13.0. The minimum absolute atomic E-state index is 0.00877. The molecule has 0 saturated carbocycles. The van der Waals surface area contributed by atoms with Gasteiger partial charge in [0.15, 0.2) is 5.78 Å². The van der Waals surface area contributed by atoms with E-state index in [9.17, 15) is 14.4 Å². The topological polar surface area (TPSA) is 60.4 Å². The number of carbonyl (C=O) groups is 3. The normalized spacial score (nSPS) is 15.2. The Morgan fingerprint density at radius 1 is 1.17 bits per heavy atom. The van der Waals surface area contributed by atoms with Gasteiger partial charge in [0.2, 0.25) is 0 Å². The molecule has 0 saturated heterocycles. The summed E-state index contributed by atoms with van der Waals surface area (Å²) in [5.41, 5.74) is 0.844. The van der Waals surface area contributed by atoms with Crippen molar-refractivity contribution in [1.82, 2.24) is 0 Å². The third kappa shape index (κ3) is 2.91. The van der Waals surface area contributed by atoms with Crippen LogP contribution in [-0.4, -0.2) is 17.5 Å². The number of esters is 1. The molecule has 0 aliphatic heterocycles. The molecule has 0 fully saturated rings. The molecule has 1 aromatic rings. The minimum atomic E-state index is -0.656. The molecular formula is C14H12O4. The van der Waals surface area contributed by atoms with Crippen LogP contribution in [0.5, 0.6) is 0 Å². The molecule has 0 spiro atoms. The number of hydrogen-bond acceptors (Lipinski definition) is 4. The van der Waals surface area contributed by atoms with E-state index in [4.69, 9.17) is 4.74 Å². The fourth-order valence-electron chi connectivity index (χ4n) is 1.67. The molecule has 0 bridgehead atoms. The van der Waals surface area contributed by atoms with Gasteiger partial charge >= 0.3 is 5.97 Å². The summed E-state index contributed by atoms with van der Waals surface area (Å²) in [6, 6.07) is 9.20. The molecule has 0 unspecified atom stereocenters. The number of hydrogen-bond donors (Lipinski definition) is 0. The highest BCUT2D eigenvalue weighted by Crippen LogP contribution is 2.13. The maximum Gasteiger partial charge on any atom is 0.341 e. The first-order chi connectivity index (χ1) is 8.66. The van der Waals surface area contributed by atoms with E-state index < -0.39 is 11.8 Å². The van der Waals surface area contributed by atoms with Crippen LogP contribution in [0.1, 0.15) is 18.4 Å². The fraction of sp³-hybridized carbons (Fsp3) is 0.214. The number of ketones is 2. The summed E-state index contributed by atoms with van der Waals surface area (Å²) >= 11 is 0. The maximum atomic E-state index is 11.7. The van der Waals surface area contributed by atoms with E-state index in [2.05, 4.69) is 0 Å². The third-order valence-corrected chi connectivity index (χ3v) is 2.62. The monoisotopic (exact) mass is 244 g/mol. The van der Waals surface area contributed by atoms with Gasteiger partial charge in [-0.3, -0.25) is 9.59 Å². The Kier molecular flexibility index (Phi) is 3.67. The van der Waals surface area contributed by atoms with Crippen molar-refractivity contribution in [2.75, 3.05) is 0 Å². The minimum Gasteiger partial charge on any atom is -0.457 e. The molecule has 1 aliphatic carbocycles. The second-order valence-corrected chi connectivity index (χ2v) is 4.02. The highest BCUT2D eigenvalue weighted by atomic mass is 16.5. The van der Waals surface area contributed by atoms with Crippen molar-refractivity contribution in [3.05, 3.63) is 47.5 Å². The van der Waals surface area contributed by atoms with E-state index in [1.165, 1.54) is 6.08 Å². The summed E-state index contributed by atoms with van der Waals surface area (Å²) in [6.07, 6.45) is 1.27. The van der Waals surface area contributed by atoms with Crippen LogP contribution in [0.4, 0.5) is 0 Å². The molecule has 1 aliphatic rings.